The summed E-state index contributed by atoms with van der Waals surface area (Å²) in [6.45, 7) is 0. The average Bonchev–Trinajstić information content (AvgIpc) is 1.88. The lowest BCUT2D eigenvalue weighted by Gasteiger charge is -2.24. The summed E-state index contributed by atoms with van der Waals surface area (Å²) in [7, 11) is 0. The molecule has 1 aliphatic carbocycles. The second kappa shape index (κ2) is 3.58. The number of nitrogens with two attached hydrogens (primary N) is 1. The Morgan fingerprint density at radius 2 is 2.30 bits per heavy atom. The monoisotopic (exact) mass is 138 g/mol. The van der Waals surface area contributed by atoms with E-state index in [1.807, 2.05) is 0 Å². The molecule has 0 bridgehead atoms. The molecule has 0 aromatic rings. The highest BCUT2D eigenvalue weighted by Crippen LogP contribution is 2.24. The van der Waals surface area contributed by atoms with E-state index in [-0.39, 0.29) is 0 Å². The first-order valence-electron chi connectivity index (χ1n) is 3.95. The second-order valence-corrected chi connectivity index (χ2v) is 3.15. The zero-order valence-electron chi connectivity index (χ0n) is 6.21. The molecule has 1 aliphatic rings. The zero-order valence-corrected chi connectivity index (χ0v) is 6.21. The standard InChI is InChI=1S/C8H14N2/c9-5-4-7-2-1-3-8(10)6-7/h7-8H,1-4,6,10H2. The highest BCUT2D eigenvalue weighted by atomic mass is 14.6. The quantitative estimate of drug-likeness (QED) is 0.595. The van der Waals surface area contributed by atoms with Crippen molar-refractivity contribution in [2.24, 2.45) is 11.7 Å². The van der Waals surface area contributed by atoms with Gasteiger partial charge in [0.2, 0.25) is 0 Å². The van der Waals surface area contributed by atoms with Gasteiger partial charge in [-0.1, -0.05) is 6.42 Å². The third kappa shape index (κ3) is 2.00. The Bertz CT molecular complexity index is 137. The number of hydrogen-bond donors (Lipinski definition) is 1. The van der Waals surface area contributed by atoms with Crippen LogP contribution in [0.15, 0.2) is 0 Å². The summed E-state index contributed by atoms with van der Waals surface area (Å²) in [4.78, 5) is 0. The lowest BCUT2D eigenvalue weighted by atomic mass is 9.85. The van der Waals surface area contributed by atoms with E-state index in [0.29, 0.717) is 18.4 Å². The van der Waals surface area contributed by atoms with Crippen LogP contribution in [0, 0.1) is 17.2 Å². The van der Waals surface area contributed by atoms with Gasteiger partial charge >= 0.3 is 0 Å². The summed E-state index contributed by atoms with van der Waals surface area (Å²) >= 11 is 0. The van der Waals surface area contributed by atoms with Gasteiger partial charge < -0.3 is 5.73 Å². The number of nitriles is 1. The predicted octanol–water partition coefficient (Wildman–Crippen LogP) is 1.42. The molecule has 0 aromatic carbocycles. The largest absolute Gasteiger partial charge is 0.328 e. The van der Waals surface area contributed by atoms with Crippen molar-refractivity contribution < 1.29 is 0 Å². The highest BCUT2D eigenvalue weighted by Gasteiger charge is 2.18. The minimum Gasteiger partial charge on any atom is -0.328 e. The predicted molar refractivity (Wildman–Crippen MR) is 40.2 cm³/mol. The third-order valence-corrected chi connectivity index (χ3v) is 2.20. The maximum Gasteiger partial charge on any atom is 0.0624 e. The summed E-state index contributed by atoms with van der Waals surface area (Å²) in [6.07, 6.45) is 5.35. The molecular formula is C8H14N2. The molecule has 0 spiro atoms. The van der Waals surface area contributed by atoms with Crippen molar-refractivity contribution in [3.63, 3.8) is 0 Å². The molecule has 1 saturated carbocycles. The van der Waals surface area contributed by atoms with Gasteiger partial charge in [-0.25, -0.2) is 0 Å². The molecule has 0 heterocycles. The molecule has 1 fully saturated rings. The molecule has 2 heteroatoms. The van der Waals surface area contributed by atoms with Gasteiger partial charge in [0.25, 0.3) is 0 Å². The molecule has 0 amide bonds. The summed E-state index contributed by atoms with van der Waals surface area (Å²) in [5, 5.41) is 8.41. The molecule has 0 aromatic heterocycles. The number of nitrogens with zero attached hydrogens (tertiary/aromatic N) is 1. The topological polar surface area (TPSA) is 49.8 Å². The van der Waals surface area contributed by atoms with E-state index in [4.69, 9.17) is 11.0 Å². The number of rotatable bonds is 1. The smallest absolute Gasteiger partial charge is 0.0624 e. The summed E-state index contributed by atoms with van der Waals surface area (Å²) in [5.41, 5.74) is 5.75. The van der Waals surface area contributed by atoms with Gasteiger partial charge in [-0.05, 0) is 25.2 Å². The fourth-order valence-electron chi connectivity index (χ4n) is 1.65. The van der Waals surface area contributed by atoms with Gasteiger partial charge in [0.05, 0.1) is 6.07 Å². The normalized spacial score (nSPS) is 33.2. The molecular weight excluding hydrogens is 124 g/mol. The van der Waals surface area contributed by atoms with Crippen LogP contribution in [0.1, 0.15) is 32.1 Å². The lowest BCUT2D eigenvalue weighted by molar-refractivity contribution is 0.327. The van der Waals surface area contributed by atoms with E-state index >= 15 is 0 Å². The molecule has 2 nitrogen and oxygen atoms in total. The van der Waals surface area contributed by atoms with Crippen molar-refractivity contribution in [1.82, 2.24) is 0 Å². The van der Waals surface area contributed by atoms with Gasteiger partial charge in [0, 0.05) is 12.5 Å². The minimum atomic E-state index is 0.368. The van der Waals surface area contributed by atoms with Crippen molar-refractivity contribution in [2.75, 3.05) is 0 Å². The van der Waals surface area contributed by atoms with Crippen LogP contribution in [0.4, 0.5) is 0 Å². The van der Waals surface area contributed by atoms with Crippen molar-refractivity contribution in [2.45, 2.75) is 38.1 Å². The first-order chi connectivity index (χ1) is 4.83. The van der Waals surface area contributed by atoms with Crippen molar-refractivity contribution in [3.05, 3.63) is 0 Å². The van der Waals surface area contributed by atoms with Gasteiger partial charge in [-0.3, -0.25) is 0 Å². The van der Waals surface area contributed by atoms with Crippen molar-refractivity contribution in [3.8, 4) is 6.07 Å². The van der Waals surface area contributed by atoms with E-state index in [2.05, 4.69) is 6.07 Å². The summed E-state index contributed by atoms with van der Waals surface area (Å²) < 4.78 is 0. The van der Waals surface area contributed by atoms with E-state index in [1.54, 1.807) is 0 Å². The maximum absolute atomic E-state index is 8.41. The van der Waals surface area contributed by atoms with Gasteiger partial charge in [0.1, 0.15) is 0 Å². The van der Waals surface area contributed by atoms with Crippen LogP contribution >= 0.6 is 0 Å². The molecule has 2 N–H and O–H groups in total. The molecule has 10 heavy (non-hydrogen) atoms. The Balaban J connectivity index is 2.27. The van der Waals surface area contributed by atoms with Crippen molar-refractivity contribution >= 4 is 0 Å². The fraction of sp³-hybridized carbons (Fsp3) is 0.875. The van der Waals surface area contributed by atoms with Crippen LogP contribution in [0.5, 0.6) is 0 Å². The van der Waals surface area contributed by atoms with E-state index in [1.165, 1.54) is 12.8 Å². The molecule has 0 aliphatic heterocycles. The Hall–Kier alpha value is -0.550. The SMILES string of the molecule is N#CCC1CCCC(N)C1. The van der Waals surface area contributed by atoms with E-state index < -0.39 is 0 Å². The van der Waals surface area contributed by atoms with Gasteiger partial charge in [0.15, 0.2) is 0 Å². The molecule has 2 atom stereocenters. The Morgan fingerprint density at radius 1 is 1.50 bits per heavy atom. The fourth-order valence-corrected chi connectivity index (χ4v) is 1.65. The molecule has 0 saturated heterocycles. The Labute approximate surface area is 62.0 Å². The zero-order chi connectivity index (χ0) is 7.40. The third-order valence-electron chi connectivity index (χ3n) is 2.20. The van der Waals surface area contributed by atoms with Crippen LogP contribution in [-0.2, 0) is 0 Å². The van der Waals surface area contributed by atoms with Crippen LogP contribution < -0.4 is 5.73 Å². The van der Waals surface area contributed by atoms with Crippen LogP contribution in [0.2, 0.25) is 0 Å². The minimum absolute atomic E-state index is 0.368. The summed E-state index contributed by atoms with van der Waals surface area (Å²) in [5.74, 6) is 0.591. The molecule has 56 valence electrons. The second-order valence-electron chi connectivity index (χ2n) is 3.15. The summed E-state index contributed by atoms with van der Waals surface area (Å²) in [6, 6.07) is 2.57. The lowest BCUT2D eigenvalue weighted by Crippen LogP contribution is -2.27. The maximum atomic E-state index is 8.41. The van der Waals surface area contributed by atoms with E-state index in [0.717, 1.165) is 12.8 Å². The molecule has 2 unspecified atom stereocenters. The van der Waals surface area contributed by atoms with Gasteiger partial charge in [-0.2, -0.15) is 5.26 Å². The van der Waals surface area contributed by atoms with Crippen molar-refractivity contribution in [1.29, 1.82) is 5.26 Å². The van der Waals surface area contributed by atoms with E-state index in [9.17, 15) is 0 Å². The van der Waals surface area contributed by atoms with Gasteiger partial charge in [-0.15, -0.1) is 0 Å². The Kier molecular flexibility index (Phi) is 2.70. The molecule has 0 radical (unpaired) electrons. The first kappa shape index (κ1) is 7.56. The number of hydrogen-bond acceptors (Lipinski definition) is 2. The Morgan fingerprint density at radius 3 is 2.90 bits per heavy atom. The average molecular weight is 138 g/mol. The van der Waals surface area contributed by atoms with Crippen LogP contribution in [-0.4, -0.2) is 6.04 Å². The van der Waals surface area contributed by atoms with Crippen LogP contribution in [0.25, 0.3) is 0 Å². The highest BCUT2D eigenvalue weighted by molar-refractivity contribution is 4.82. The first-order valence-corrected chi connectivity index (χ1v) is 3.95. The molecule has 1 rings (SSSR count). The van der Waals surface area contributed by atoms with Crippen LogP contribution in [0.3, 0.4) is 0 Å².